The lowest BCUT2D eigenvalue weighted by Gasteiger charge is -2.37. The molecule has 0 N–H and O–H groups in total. The van der Waals surface area contributed by atoms with Crippen molar-refractivity contribution in [1.82, 2.24) is 9.80 Å². The molecule has 31 heavy (non-hydrogen) atoms. The van der Waals surface area contributed by atoms with Crippen LogP contribution in [0, 0.1) is 5.92 Å². The summed E-state index contributed by atoms with van der Waals surface area (Å²) in [5.41, 5.74) is 3.16. The molecular weight excluding hydrogens is 410 g/mol. The van der Waals surface area contributed by atoms with Gasteiger partial charge in [-0.2, -0.15) is 0 Å². The Kier molecular flexibility index (Phi) is 6.51. The van der Waals surface area contributed by atoms with Crippen LogP contribution in [0.5, 0.6) is 0 Å². The van der Waals surface area contributed by atoms with Gasteiger partial charge in [0.2, 0.25) is 5.91 Å². The fraction of sp³-hybridized carbons (Fsp3) is 0.458. The molecule has 7 heteroatoms. The van der Waals surface area contributed by atoms with Crippen molar-refractivity contribution in [2.24, 2.45) is 10.9 Å². The fourth-order valence-corrected chi connectivity index (χ4v) is 5.33. The van der Waals surface area contributed by atoms with Crippen molar-refractivity contribution in [2.45, 2.75) is 45.6 Å². The molecule has 1 atom stereocenters. The maximum atomic E-state index is 13.1. The van der Waals surface area contributed by atoms with E-state index < -0.39 is 0 Å². The molecule has 1 saturated heterocycles. The summed E-state index contributed by atoms with van der Waals surface area (Å²) in [6, 6.07) is 9.56. The van der Waals surface area contributed by atoms with Crippen LogP contribution in [0.4, 0.5) is 0 Å². The minimum Gasteiger partial charge on any atom is -0.466 e. The second kappa shape index (κ2) is 9.30. The molecule has 0 aliphatic carbocycles. The zero-order valence-electron chi connectivity index (χ0n) is 18.3. The number of esters is 1. The predicted octanol–water partition coefficient (Wildman–Crippen LogP) is 4.47. The minimum absolute atomic E-state index is 0.136. The van der Waals surface area contributed by atoms with Crippen LogP contribution in [0.25, 0.3) is 0 Å². The van der Waals surface area contributed by atoms with Crippen molar-refractivity contribution in [3.63, 3.8) is 0 Å². The predicted molar refractivity (Wildman–Crippen MR) is 123 cm³/mol. The van der Waals surface area contributed by atoms with E-state index in [1.54, 1.807) is 0 Å². The lowest BCUT2D eigenvalue weighted by atomic mass is 9.93. The van der Waals surface area contributed by atoms with Gasteiger partial charge in [-0.1, -0.05) is 55.9 Å². The Labute approximate surface area is 188 Å². The average molecular weight is 440 g/mol. The van der Waals surface area contributed by atoms with Crippen molar-refractivity contribution in [2.75, 3.05) is 20.2 Å². The number of amidine groups is 1. The van der Waals surface area contributed by atoms with Crippen LogP contribution in [0.15, 0.2) is 57.7 Å². The number of carbonyl (C=O) groups is 2. The van der Waals surface area contributed by atoms with Crippen LogP contribution >= 0.6 is 11.8 Å². The number of piperidine rings is 1. The molecule has 0 saturated carbocycles. The highest BCUT2D eigenvalue weighted by atomic mass is 32.2. The third-order valence-corrected chi connectivity index (χ3v) is 7.10. The first kappa shape index (κ1) is 21.7. The summed E-state index contributed by atoms with van der Waals surface area (Å²) in [5, 5.41) is 2.82. The topological polar surface area (TPSA) is 62.2 Å². The Morgan fingerprint density at radius 1 is 1.19 bits per heavy atom. The lowest BCUT2D eigenvalue weighted by Crippen LogP contribution is -2.41. The van der Waals surface area contributed by atoms with E-state index in [-0.39, 0.29) is 17.9 Å². The van der Waals surface area contributed by atoms with E-state index in [1.807, 2.05) is 47.6 Å². The summed E-state index contributed by atoms with van der Waals surface area (Å²) in [7, 11) is 1.40. The normalized spacial score (nSPS) is 21.6. The average Bonchev–Trinajstić information content (AvgIpc) is 3.20. The highest BCUT2D eigenvalue weighted by molar-refractivity contribution is 8.16. The summed E-state index contributed by atoms with van der Waals surface area (Å²) in [6.07, 6.45) is 3.04. The number of amides is 1. The van der Waals surface area contributed by atoms with Gasteiger partial charge < -0.3 is 14.5 Å². The molecule has 1 fully saturated rings. The van der Waals surface area contributed by atoms with Crippen molar-refractivity contribution >= 4 is 28.8 Å². The van der Waals surface area contributed by atoms with Gasteiger partial charge in [0.25, 0.3) is 0 Å². The number of ether oxygens (including phenoxy) is 1. The zero-order valence-corrected chi connectivity index (χ0v) is 19.2. The van der Waals surface area contributed by atoms with Gasteiger partial charge in [-0.25, -0.2) is 9.79 Å². The fourth-order valence-electron chi connectivity index (χ4n) is 4.39. The van der Waals surface area contributed by atoms with Crippen molar-refractivity contribution in [3.8, 4) is 0 Å². The minimum atomic E-state index is -0.374. The number of allylic oxidation sites excluding steroid dienone is 1. The summed E-state index contributed by atoms with van der Waals surface area (Å²) < 4.78 is 5.15. The summed E-state index contributed by atoms with van der Waals surface area (Å²) in [5.74, 6) is 0.437. The molecule has 0 radical (unpaired) electrons. The van der Waals surface area contributed by atoms with E-state index >= 15 is 0 Å². The largest absolute Gasteiger partial charge is 0.466 e. The molecule has 3 aliphatic rings. The number of hydrogen-bond donors (Lipinski definition) is 0. The van der Waals surface area contributed by atoms with E-state index in [4.69, 9.17) is 9.73 Å². The van der Waals surface area contributed by atoms with Crippen LogP contribution in [0.3, 0.4) is 0 Å². The molecular formula is C24H29N3O3S. The first-order chi connectivity index (χ1) is 15.0. The van der Waals surface area contributed by atoms with Crippen molar-refractivity contribution < 1.29 is 14.3 Å². The Morgan fingerprint density at radius 2 is 1.90 bits per heavy atom. The van der Waals surface area contributed by atoms with Crippen molar-refractivity contribution in [1.29, 1.82) is 0 Å². The van der Waals surface area contributed by atoms with Gasteiger partial charge in [0.1, 0.15) is 0 Å². The van der Waals surface area contributed by atoms with E-state index in [0.717, 1.165) is 48.1 Å². The van der Waals surface area contributed by atoms with Gasteiger partial charge in [0.15, 0.2) is 5.17 Å². The number of rotatable bonds is 5. The Balaban J connectivity index is 1.67. The molecule has 0 bridgehead atoms. The van der Waals surface area contributed by atoms with Crippen LogP contribution in [-0.4, -0.2) is 47.0 Å². The Bertz CT molecular complexity index is 946. The molecule has 3 aliphatic heterocycles. The van der Waals surface area contributed by atoms with Crippen molar-refractivity contribution in [3.05, 3.63) is 58.3 Å². The number of nitrogens with zero attached hydrogens (tertiary/aromatic N) is 3. The maximum absolute atomic E-state index is 13.1. The summed E-state index contributed by atoms with van der Waals surface area (Å²) in [6.45, 7) is 5.87. The number of fused-ring (bicyclic) bond motifs is 1. The van der Waals surface area contributed by atoms with Gasteiger partial charge in [-0.05, 0) is 36.2 Å². The van der Waals surface area contributed by atoms with Gasteiger partial charge in [0.05, 0.1) is 30.8 Å². The third kappa shape index (κ3) is 4.28. The van der Waals surface area contributed by atoms with E-state index in [1.165, 1.54) is 18.9 Å². The molecule has 0 aromatic heterocycles. The number of hydrogen-bond acceptors (Lipinski definition) is 6. The molecule has 164 valence electrons. The summed E-state index contributed by atoms with van der Waals surface area (Å²) >= 11 is 1.52. The monoisotopic (exact) mass is 439 g/mol. The van der Waals surface area contributed by atoms with Gasteiger partial charge in [-0.3, -0.25) is 4.79 Å². The van der Waals surface area contributed by atoms with E-state index in [2.05, 4.69) is 11.8 Å². The zero-order chi connectivity index (χ0) is 22.0. The van der Waals surface area contributed by atoms with Crippen LogP contribution in [0.1, 0.15) is 51.1 Å². The third-order valence-electron chi connectivity index (χ3n) is 6.21. The molecule has 1 aromatic carbocycles. The number of methoxy groups -OCH3 is 1. The smallest absolute Gasteiger partial charge is 0.338 e. The number of likely N-dealkylation sites (tertiary alicyclic amines) is 1. The second-order valence-corrected chi connectivity index (χ2v) is 9.09. The van der Waals surface area contributed by atoms with E-state index in [0.29, 0.717) is 24.3 Å². The highest BCUT2D eigenvalue weighted by Crippen LogP contribution is 2.45. The number of aliphatic imine (C=N–C) groups is 1. The number of benzene rings is 1. The molecule has 4 rings (SSSR count). The second-order valence-electron chi connectivity index (χ2n) is 8.25. The lowest BCUT2D eigenvalue weighted by molar-refractivity contribution is -0.136. The van der Waals surface area contributed by atoms with Crippen LogP contribution in [0.2, 0.25) is 0 Å². The number of thioether (sulfide) groups is 1. The Hall–Kier alpha value is -2.54. The molecule has 1 amide bonds. The summed E-state index contributed by atoms with van der Waals surface area (Å²) in [4.78, 5) is 34.7. The molecule has 0 unspecified atom stereocenters. The van der Waals surface area contributed by atoms with E-state index in [9.17, 15) is 9.59 Å². The highest BCUT2D eigenvalue weighted by Gasteiger charge is 2.41. The SMILES string of the molecule is CCC1=C(C(=O)OC)[C@H](c2ccccc2)N2C(CC(=O)N3CCC(C)CC3)=CSC2=N1. The first-order valence-corrected chi connectivity index (χ1v) is 11.8. The molecule has 1 aromatic rings. The van der Waals surface area contributed by atoms with Gasteiger partial charge in [0, 0.05) is 18.8 Å². The molecule has 3 heterocycles. The maximum Gasteiger partial charge on any atom is 0.338 e. The van der Waals surface area contributed by atoms with Gasteiger partial charge in [-0.15, -0.1) is 0 Å². The quantitative estimate of drug-likeness (QED) is 0.634. The first-order valence-electron chi connectivity index (χ1n) is 10.9. The van der Waals surface area contributed by atoms with Gasteiger partial charge >= 0.3 is 5.97 Å². The molecule has 6 nitrogen and oxygen atoms in total. The Morgan fingerprint density at radius 3 is 2.55 bits per heavy atom. The van der Waals surface area contributed by atoms with Crippen LogP contribution < -0.4 is 0 Å². The standard InChI is InChI=1S/C24H29N3O3S/c1-4-19-21(23(29)30-3)22(17-8-6-5-7-9-17)27-18(15-31-24(27)25-19)14-20(28)26-12-10-16(2)11-13-26/h5-9,15-16,22H,4,10-14H2,1-3H3/t22-/m0/s1. The van der Waals surface area contributed by atoms with Crippen LogP contribution in [-0.2, 0) is 14.3 Å². The number of carbonyl (C=O) groups excluding carboxylic acids is 2. The molecule has 0 spiro atoms.